The van der Waals surface area contributed by atoms with Gasteiger partial charge in [-0.25, -0.2) is 0 Å². The van der Waals surface area contributed by atoms with E-state index in [0.29, 0.717) is 6.61 Å². The maximum absolute atomic E-state index is 9.58. The fraction of sp³-hybridized carbons (Fsp3) is 0.167. The van der Waals surface area contributed by atoms with Crippen LogP contribution < -0.4 is 10.1 Å². The van der Waals surface area contributed by atoms with E-state index in [9.17, 15) is 5.11 Å². The monoisotopic (exact) mass is 292 g/mol. The van der Waals surface area contributed by atoms with Gasteiger partial charge in [-0.05, 0) is 45.8 Å². The number of fused-ring (bicyclic) bond motifs is 3. The number of phenols is 1. The van der Waals surface area contributed by atoms with Crippen molar-refractivity contribution in [1.29, 1.82) is 0 Å². The van der Waals surface area contributed by atoms with Crippen molar-refractivity contribution in [3.05, 3.63) is 48.5 Å². The van der Waals surface area contributed by atoms with Crippen LogP contribution in [0.25, 0.3) is 21.5 Å². The fourth-order valence-corrected chi connectivity index (χ4v) is 2.82. The second-order valence-electron chi connectivity index (χ2n) is 5.40. The first-order valence-corrected chi connectivity index (χ1v) is 7.35. The van der Waals surface area contributed by atoms with E-state index in [4.69, 9.17) is 4.74 Å². The van der Waals surface area contributed by atoms with E-state index < -0.39 is 0 Å². The van der Waals surface area contributed by atoms with Crippen molar-refractivity contribution in [2.45, 2.75) is 0 Å². The summed E-state index contributed by atoms with van der Waals surface area (Å²) in [6, 6.07) is 15.6. The number of ether oxygens (including phenoxy) is 1. The minimum absolute atomic E-state index is 0.289. The summed E-state index contributed by atoms with van der Waals surface area (Å²) in [5.74, 6) is 2.03. The number of aliphatic imine (C=N–C) groups is 1. The molecule has 1 aliphatic heterocycles. The lowest BCUT2D eigenvalue weighted by Gasteiger charge is -2.09. The molecule has 0 saturated heterocycles. The quantitative estimate of drug-likeness (QED) is 0.729. The molecule has 0 fully saturated rings. The van der Waals surface area contributed by atoms with Gasteiger partial charge in [0.1, 0.15) is 23.9 Å². The van der Waals surface area contributed by atoms with Gasteiger partial charge < -0.3 is 15.2 Å². The highest BCUT2D eigenvalue weighted by molar-refractivity contribution is 6.08. The minimum Gasteiger partial charge on any atom is -0.508 e. The Morgan fingerprint density at radius 1 is 1.00 bits per heavy atom. The van der Waals surface area contributed by atoms with E-state index >= 15 is 0 Å². The molecule has 4 heteroatoms. The molecule has 22 heavy (non-hydrogen) atoms. The molecule has 1 heterocycles. The number of amidine groups is 1. The van der Waals surface area contributed by atoms with Gasteiger partial charge in [0, 0.05) is 6.54 Å². The zero-order chi connectivity index (χ0) is 14.9. The molecular weight excluding hydrogens is 276 g/mol. The van der Waals surface area contributed by atoms with Crippen molar-refractivity contribution in [1.82, 2.24) is 5.32 Å². The van der Waals surface area contributed by atoms with Gasteiger partial charge in [-0.15, -0.1) is 0 Å². The summed E-state index contributed by atoms with van der Waals surface area (Å²) in [6.45, 7) is 2.21. The van der Waals surface area contributed by atoms with E-state index in [2.05, 4.69) is 22.4 Å². The topological polar surface area (TPSA) is 53.9 Å². The van der Waals surface area contributed by atoms with Crippen LogP contribution in [0.5, 0.6) is 11.5 Å². The van der Waals surface area contributed by atoms with Crippen LogP contribution in [0.1, 0.15) is 0 Å². The molecule has 3 aromatic rings. The van der Waals surface area contributed by atoms with Crippen molar-refractivity contribution in [3.63, 3.8) is 0 Å². The van der Waals surface area contributed by atoms with E-state index in [1.807, 2.05) is 24.3 Å². The van der Waals surface area contributed by atoms with Crippen LogP contribution in [0.3, 0.4) is 0 Å². The Morgan fingerprint density at radius 2 is 1.77 bits per heavy atom. The van der Waals surface area contributed by atoms with Crippen LogP contribution in [0.2, 0.25) is 0 Å². The van der Waals surface area contributed by atoms with Gasteiger partial charge in [-0.2, -0.15) is 0 Å². The summed E-state index contributed by atoms with van der Waals surface area (Å²) in [4.78, 5) is 4.32. The van der Waals surface area contributed by atoms with E-state index in [1.54, 1.807) is 12.1 Å². The Balaban J connectivity index is 1.68. The highest BCUT2D eigenvalue weighted by atomic mass is 16.5. The van der Waals surface area contributed by atoms with Crippen molar-refractivity contribution in [2.24, 2.45) is 4.99 Å². The largest absolute Gasteiger partial charge is 0.508 e. The van der Waals surface area contributed by atoms with Crippen LogP contribution in [0, 0.1) is 0 Å². The van der Waals surface area contributed by atoms with Gasteiger partial charge in [0.2, 0.25) is 0 Å². The number of phenolic OH excluding ortho intramolecular Hbond substituents is 1. The molecule has 2 N–H and O–H groups in total. The van der Waals surface area contributed by atoms with Gasteiger partial charge in [-0.3, -0.25) is 4.99 Å². The first-order valence-electron chi connectivity index (χ1n) is 7.35. The molecule has 0 atom stereocenters. The van der Waals surface area contributed by atoms with Gasteiger partial charge in [-0.1, -0.05) is 24.3 Å². The van der Waals surface area contributed by atoms with Gasteiger partial charge in [0.15, 0.2) is 0 Å². The molecular formula is C18H16N2O2. The summed E-state index contributed by atoms with van der Waals surface area (Å²) < 4.78 is 5.80. The second-order valence-corrected chi connectivity index (χ2v) is 5.40. The normalized spacial score (nSPS) is 14.1. The molecule has 0 amide bonds. The SMILES string of the molecule is Oc1ccc2c(ccc3cc(OCC4=NCCN4)ccc32)c1. The third-order valence-electron chi connectivity index (χ3n) is 3.91. The second kappa shape index (κ2) is 5.22. The van der Waals surface area contributed by atoms with Crippen LogP contribution in [0.4, 0.5) is 0 Å². The van der Waals surface area contributed by atoms with Crippen molar-refractivity contribution in [3.8, 4) is 11.5 Å². The number of aromatic hydroxyl groups is 1. The van der Waals surface area contributed by atoms with E-state index in [0.717, 1.165) is 46.2 Å². The molecule has 0 aliphatic carbocycles. The van der Waals surface area contributed by atoms with Crippen molar-refractivity contribution < 1.29 is 9.84 Å². The van der Waals surface area contributed by atoms with Crippen LogP contribution in [-0.4, -0.2) is 30.6 Å². The summed E-state index contributed by atoms with van der Waals surface area (Å²) >= 11 is 0. The maximum atomic E-state index is 9.58. The summed E-state index contributed by atoms with van der Waals surface area (Å²) in [7, 11) is 0. The highest BCUT2D eigenvalue weighted by Crippen LogP contribution is 2.30. The summed E-state index contributed by atoms with van der Waals surface area (Å²) in [5.41, 5.74) is 0. The molecule has 0 bridgehead atoms. The van der Waals surface area contributed by atoms with Crippen molar-refractivity contribution >= 4 is 27.4 Å². The molecule has 0 aromatic heterocycles. The Morgan fingerprint density at radius 3 is 2.55 bits per heavy atom. The third-order valence-corrected chi connectivity index (χ3v) is 3.91. The zero-order valence-electron chi connectivity index (χ0n) is 12.0. The Labute approximate surface area is 128 Å². The first kappa shape index (κ1) is 13.0. The Bertz CT molecular complexity index is 887. The fourth-order valence-electron chi connectivity index (χ4n) is 2.82. The lowest BCUT2D eigenvalue weighted by Crippen LogP contribution is -2.24. The lowest BCUT2D eigenvalue weighted by atomic mass is 10.0. The summed E-state index contributed by atoms with van der Waals surface area (Å²) in [6.07, 6.45) is 0. The van der Waals surface area contributed by atoms with Crippen LogP contribution >= 0.6 is 0 Å². The number of benzene rings is 3. The number of nitrogens with one attached hydrogen (secondary N) is 1. The van der Waals surface area contributed by atoms with Gasteiger partial charge in [0.25, 0.3) is 0 Å². The zero-order valence-corrected chi connectivity index (χ0v) is 12.0. The molecule has 0 radical (unpaired) electrons. The summed E-state index contributed by atoms with van der Waals surface area (Å²) in [5, 5.41) is 17.2. The smallest absolute Gasteiger partial charge is 0.145 e. The van der Waals surface area contributed by atoms with Crippen LogP contribution in [-0.2, 0) is 0 Å². The van der Waals surface area contributed by atoms with Crippen LogP contribution in [0.15, 0.2) is 53.5 Å². The number of hydrogen-bond donors (Lipinski definition) is 2. The Kier molecular flexibility index (Phi) is 3.07. The molecule has 0 spiro atoms. The number of nitrogens with zero attached hydrogens (tertiary/aromatic N) is 1. The number of hydrogen-bond acceptors (Lipinski definition) is 4. The molecule has 4 rings (SSSR count). The molecule has 4 nitrogen and oxygen atoms in total. The highest BCUT2D eigenvalue weighted by Gasteiger charge is 2.07. The predicted octanol–water partition coefficient (Wildman–Crippen LogP) is 3.08. The molecule has 0 saturated carbocycles. The average molecular weight is 292 g/mol. The van der Waals surface area contributed by atoms with Crippen molar-refractivity contribution in [2.75, 3.05) is 19.7 Å². The number of rotatable bonds is 3. The standard InChI is InChI=1S/C18H16N2O2/c21-14-3-5-16-12(9-14)1-2-13-10-15(4-6-17(13)16)22-11-18-19-7-8-20-18/h1-6,9-10,21H,7-8,11H2,(H,19,20). The molecule has 3 aromatic carbocycles. The molecule has 110 valence electrons. The maximum Gasteiger partial charge on any atom is 0.145 e. The average Bonchev–Trinajstić information content (AvgIpc) is 3.05. The van der Waals surface area contributed by atoms with Gasteiger partial charge in [0.05, 0.1) is 6.54 Å². The van der Waals surface area contributed by atoms with E-state index in [1.165, 1.54) is 0 Å². The predicted molar refractivity (Wildman–Crippen MR) is 88.9 cm³/mol. The molecule has 0 unspecified atom stereocenters. The minimum atomic E-state index is 0.289. The Hall–Kier alpha value is -2.75. The lowest BCUT2D eigenvalue weighted by molar-refractivity contribution is 0.374. The third kappa shape index (κ3) is 2.33. The van der Waals surface area contributed by atoms with E-state index in [-0.39, 0.29) is 5.75 Å². The molecule has 1 aliphatic rings. The van der Waals surface area contributed by atoms with Gasteiger partial charge >= 0.3 is 0 Å². The first-order chi connectivity index (χ1) is 10.8.